The molecule has 6 heteroatoms. The van der Waals surface area contributed by atoms with Gasteiger partial charge in [-0.2, -0.15) is 0 Å². The van der Waals surface area contributed by atoms with Gasteiger partial charge in [-0.1, -0.05) is 6.92 Å². The Labute approximate surface area is 121 Å². The normalized spacial score (nSPS) is 11.3. The summed E-state index contributed by atoms with van der Waals surface area (Å²) in [4.78, 5) is 0. The molecule has 0 aliphatic rings. The predicted molar refractivity (Wildman–Crippen MR) is 80.2 cm³/mol. The van der Waals surface area contributed by atoms with Crippen molar-refractivity contribution in [1.82, 2.24) is 5.32 Å². The Kier molecular flexibility index (Phi) is 6.81. The molecule has 0 aromatic heterocycles. The first-order valence-electron chi connectivity index (χ1n) is 6.64. The number of nitrogens with one attached hydrogen (secondary N) is 1. The van der Waals surface area contributed by atoms with Gasteiger partial charge in [0.25, 0.3) is 0 Å². The molecule has 0 amide bonds. The predicted octanol–water partition coefficient (Wildman–Crippen LogP) is 1.62. The van der Waals surface area contributed by atoms with Gasteiger partial charge in [0.2, 0.25) is 0 Å². The Hall–Kier alpha value is -1.27. The van der Waals surface area contributed by atoms with Gasteiger partial charge >= 0.3 is 0 Å². The highest BCUT2D eigenvalue weighted by atomic mass is 32.2. The smallest absolute Gasteiger partial charge is 0.147 e. The maximum absolute atomic E-state index is 11.1. The van der Waals surface area contributed by atoms with Crippen LogP contribution in [0.25, 0.3) is 0 Å². The van der Waals surface area contributed by atoms with E-state index in [0.29, 0.717) is 19.6 Å². The number of hydrogen-bond acceptors (Lipinski definition) is 5. The summed E-state index contributed by atoms with van der Waals surface area (Å²) in [6.45, 7) is 3.98. The zero-order valence-corrected chi connectivity index (χ0v) is 13.1. The van der Waals surface area contributed by atoms with Gasteiger partial charge < -0.3 is 14.8 Å². The third-order valence-electron chi connectivity index (χ3n) is 2.75. The van der Waals surface area contributed by atoms with Gasteiger partial charge in [0, 0.05) is 18.4 Å². The summed E-state index contributed by atoms with van der Waals surface area (Å²) < 4.78 is 33.0. The molecule has 1 aromatic rings. The van der Waals surface area contributed by atoms with E-state index in [-0.39, 0.29) is 5.75 Å². The standard InChI is InChI=1S/C14H23NO4S/c1-4-15-11-12-10-13(18-2)6-7-14(12)19-8-5-9-20(3,16)17/h6-7,10,15H,4-5,8-9,11H2,1-3H3. The molecule has 0 radical (unpaired) electrons. The molecule has 0 atom stereocenters. The molecule has 0 bridgehead atoms. The summed E-state index contributed by atoms with van der Waals surface area (Å²) in [6.07, 6.45) is 1.72. The molecule has 0 saturated carbocycles. The van der Waals surface area contributed by atoms with Crippen LogP contribution in [0, 0.1) is 0 Å². The van der Waals surface area contributed by atoms with Crippen molar-refractivity contribution in [3.63, 3.8) is 0 Å². The van der Waals surface area contributed by atoms with E-state index in [0.717, 1.165) is 23.6 Å². The lowest BCUT2D eigenvalue weighted by Gasteiger charge is -2.13. The molecule has 20 heavy (non-hydrogen) atoms. The lowest BCUT2D eigenvalue weighted by atomic mass is 10.2. The maximum atomic E-state index is 11.1. The molecule has 0 heterocycles. The van der Waals surface area contributed by atoms with Crippen LogP contribution in [-0.2, 0) is 16.4 Å². The number of rotatable bonds is 9. The van der Waals surface area contributed by atoms with E-state index >= 15 is 0 Å². The molecule has 1 N–H and O–H groups in total. The Bertz CT molecular complexity index is 514. The molecule has 1 rings (SSSR count). The van der Waals surface area contributed by atoms with Crippen LogP contribution >= 0.6 is 0 Å². The molecule has 0 spiro atoms. The fourth-order valence-corrected chi connectivity index (χ4v) is 2.37. The van der Waals surface area contributed by atoms with Gasteiger partial charge in [0.1, 0.15) is 21.3 Å². The highest BCUT2D eigenvalue weighted by molar-refractivity contribution is 7.90. The molecule has 0 saturated heterocycles. The fourth-order valence-electron chi connectivity index (χ4n) is 1.72. The number of hydrogen-bond donors (Lipinski definition) is 1. The van der Waals surface area contributed by atoms with Crippen molar-refractivity contribution < 1.29 is 17.9 Å². The van der Waals surface area contributed by atoms with Crippen LogP contribution in [0.3, 0.4) is 0 Å². The minimum absolute atomic E-state index is 0.145. The molecule has 0 aliphatic carbocycles. The largest absolute Gasteiger partial charge is 0.497 e. The summed E-state index contributed by atoms with van der Waals surface area (Å²) >= 11 is 0. The van der Waals surface area contributed by atoms with Crippen molar-refractivity contribution in [2.75, 3.05) is 32.3 Å². The van der Waals surface area contributed by atoms with E-state index < -0.39 is 9.84 Å². The van der Waals surface area contributed by atoms with Gasteiger partial charge in [0.15, 0.2) is 0 Å². The van der Waals surface area contributed by atoms with Gasteiger partial charge in [-0.05, 0) is 31.2 Å². The second-order valence-electron chi connectivity index (χ2n) is 4.59. The molecule has 0 unspecified atom stereocenters. The minimum atomic E-state index is -2.93. The van der Waals surface area contributed by atoms with Crippen LogP contribution < -0.4 is 14.8 Å². The molecular formula is C14H23NO4S. The summed E-state index contributed by atoms with van der Waals surface area (Å²) in [5.41, 5.74) is 1.01. The van der Waals surface area contributed by atoms with E-state index in [1.54, 1.807) is 7.11 Å². The highest BCUT2D eigenvalue weighted by Crippen LogP contribution is 2.24. The van der Waals surface area contributed by atoms with Crippen LogP contribution in [0.5, 0.6) is 11.5 Å². The second-order valence-corrected chi connectivity index (χ2v) is 6.85. The Morgan fingerprint density at radius 3 is 2.65 bits per heavy atom. The average molecular weight is 301 g/mol. The van der Waals surface area contributed by atoms with Crippen LogP contribution in [0.1, 0.15) is 18.9 Å². The van der Waals surface area contributed by atoms with Crippen molar-refractivity contribution in [1.29, 1.82) is 0 Å². The summed E-state index contributed by atoms with van der Waals surface area (Å²) in [6, 6.07) is 5.61. The molecule has 5 nitrogen and oxygen atoms in total. The van der Waals surface area contributed by atoms with Crippen molar-refractivity contribution in [3.05, 3.63) is 23.8 Å². The summed E-state index contributed by atoms with van der Waals surface area (Å²) in [7, 11) is -1.30. The van der Waals surface area contributed by atoms with E-state index in [4.69, 9.17) is 9.47 Å². The van der Waals surface area contributed by atoms with E-state index in [2.05, 4.69) is 5.32 Å². The molecule has 1 aromatic carbocycles. The first-order valence-corrected chi connectivity index (χ1v) is 8.70. The number of benzene rings is 1. The Morgan fingerprint density at radius 1 is 1.30 bits per heavy atom. The zero-order valence-electron chi connectivity index (χ0n) is 12.3. The zero-order chi connectivity index (χ0) is 15.0. The third kappa shape index (κ3) is 6.25. The molecule has 114 valence electrons. The summed E-state index contributed by atoms with van der Waals surface area (Å²) in [5, 5.41) is 3.24. The maximum Gasteiger partial charge on any atom is 0.147 e. The first kappa shape index (κ1) is 16.8. The van der Waals surface area contributed by atoms with Crippen molar-refractivity contribution in [2.24, 2.45) is 0 Å². The van der Waals surface area contributed by atoms with Crippen LogP contribution in [0.2, 0.25) is 0 Å². The summed E-state index contributed by atoms with van der Waals surface area (Å²) in [5.74, 6) is 1.69. The number of methoxy groups -OCH3 is 1. The minimum Gasteiger partial charge on any atom is -0.497 e. The quantitative estimate of drug-likeness (QED) is 0.702. The van der Waals surface area contributed by atoms with E-state index in [9.17, 15) is 8.42 Å². The molecular weight excluding hydrogens is 278 g/mol. The third-order valence-corrected chi connectivity index (χ3v) is 3.78. The lowest BCUT2D eigenvalue weighted by Crippen LogP contribution is -2.14. The average Bonchev–Trinajstić information content (AvgIpc) is 2.40. The number of sulfone groups is 1. The Balaban J connectivity index is 2.63. The van der Waals surface area contributed by atoms with Crippen molar-refractivity contribution in [2.45, 2.75) is 19.9 Å². The van der Waals surface area contributed by atoms with Gasteiger partial charge in [-0.3, -0.25) is 0 Å². The fraction of sp³-hybridized carbons (Fsp3) is 0.571. The van der Waals surface area contributed by atoms with Crippen LogP contribution in [0.4, 0.5) is 0 Å². The van der Waals surface area contributed by atoms with Crippen LogP contribution in [0.15, 0.2) is 18.2 Å². The SMILES string of the molecule is CCNCc1cc(OC)ccc1OCCCS(C)(=O)=O. The van der Waals surface area contributed by atoms with E-state index in [1.165, 1.54) is 6.26 Å². The van der Waals surface area contributed by atoms with Gasteiger partial charge in [-0.15, -0.1) is 0 Å². The lowest BCUT2D eigenvalue weighted by molar-refractivity contribution is 0.312. The van der Waals surface area contributed by atoms with Gasteiger partial charge in [-0.25, -0.2) is 8.42 Å². The van der Waals surface area contributed by atoms with E-state index in [1.807, 2.05) is 25.1 Å². The molecule has 0 fully saturated rings. The first-order chi connectivity index (χ1) is 9.46. The number of ether oxygens (including phenoxy) is 2. The van der Waals surface area contributed by atoms with Gasteiger partial charge in [0.05, 0.1) is 19.5 Å². The Morgan fingerprint density at radius 2 is 2.05 bits per heavy atom. The van der Waals surface area contributed by atoms with Crippen molar-refractivity contribution >= 4 is 9.84 Å². The highest BCUT2D eigenvalue weighted by Gasteiger charge is 2.07. The monoisotopic (exact) mass is 301 g/mol. The van der Waals surface area contributed by atoms with Crippen molar-refractivity contribution in [3.8, 4) is 11.5 Å². The van der Waals surface area contributed by atoms with Crippen LogP contribution in [-0.4, -0.2) is 40.7 Å². The topological polar surface area (TPSA) is 64.6 Å². The second kappa shape index (κ2) is 8.11. The molecule has 0 aliphatic heterocycles.